The Kier molecular flexibility index (Phi) is 7.59. The summed E-state index contributed by atoms with van der Waals surface area (Å²) >= 11 is 1.85. The Labute approximate surface area is 163 Å². The Hall–Kier alpha value is -1.93. The molecule has 1 nitrogen and oxygen atoms in total. The average Bonchev–Trinajstić information content (AvgIpc) is 2.66. The summed E-state index contributed by atoms with van der Waals surface area (Å²) in [6, 6.07) is 14.9. The number of rotatable bonds is 9. The van der Waals surface area contributed by atoms with Gasteiger partial charge in [0.1, 0.15) is 5.75 Å². The maximum atomic E-state index is 5.56. The van der Waals surface area contributed by atoms with Gasteiger partial charge in [0, 0.05) is 10.6 Å². The van der Waals surface area contributed by atoms with Crippen molar-refractivity contribution in [2.24, 2.45) is 0 Å². The lowest BCUT2D eigenvalue weighted by Gasteiger charge is -2.21. The van der Waals surface area contributed by atoms with E-state index in [0.29, 0.717) is 5.92 Å². The SMILES string of the molecule is C=C(CSc1ccccc1)CC(C)c1cc(OC)c(C)cc1C(=C)CC. The van der Waals surface area contributed by atoms with Gasteiger partial charge in [-0.3, -0.25) is 0 Å². The fourth-order valence-electron chi connectivity index (χ4n) is 3.13. The van der Waals surface area contributed by atoms with E-state index in [1.165, 1.54) is 27.2 Å². The molecule has 138 valence electrons. The standard InChI is InChI=1S/C24H30OS/c1-7-18(3)22-14-20(5)24(25-6)15-23(22)19(4)13-17(2)16-26-21-11-9-8-10-12-21/h8-12,14-15,19H,2-3,7,13,16H2,1,4-6H3. The molecule has 2 rings (SSSR count). The van der Waals surface area contributed by atoms with Crippen molar-refractivity contribution >= 4 is 17.3 Å². The van der Waals surface area contributed by atoms with Crippen LogP contribution in [0.25, 0.3) is 5.57 Å². The Bertz CT molecular complexity index is 761. The summed E-state index contributed by atoms with van der Waals surface area (Å²) < 4.78 is 5.56. The van der Waals surface area contributed by atoms with Crippen LogP contribution >= 0.6 is 11.8 Å². The highest BCUT2D eigenvalue weighted by Gasteiger charge is 2.16. The van der Waals surface area contributed by atoms with E-state index < -0.39 is 0 Å². The van der Waals surface area contributed by atoms with Crippen LogP contribution in [-0.2, 0) is 0 Å². The molecule has 0 radical (unpaired) electrons. The van der Waals surface area contributed by atoms with Crippen molar-refractivity contribution in [1.82, 2.24) is 0 Å². The third kappa shape index (κ3) is 5.28. The maximum absolute atomic E-state index is 5.56. The second-order valence-electron chi connectivity index (χ2n) is 6.82. The second-order valence-corrected chi connectivity index (χ2v) is 7.87. The Morgan fingerprint density at radius 2 is 1.85 bits per heavy atom. The smallest absolute Gasteiger partial charge is 0.122 e. The molecule has 0 aliphatic heterocycles. The van der Waals surface area contributed by atoms with Gasteiger partial charge in [-0.05, 0) is 72.2 Å². The molecule has 0 aliphatic rings. The van der Waals surface area contributed by atoms with Crippen molar-refractivity contribution in [3.8, 4) is 5.75 Å². The van der Waals surface area contributed by atoms with Gasteiger partial charge >= 0.3 is 0 Å². The summed E-state index contributed by atoms with van der Waals surface area (Å²) in [4.78, 5) is 1.29. The third-order valence-corrected chi connectivity index (χ3v) is 5.84. The minimum Gasteiger partial charge on any atom is -0.496 e. The van der Waals surface area contributed by atoms with Crippen LogP contribution in [0.15, 0.2) is 66.1 Å². The second kappa shape index (κ2) is 9.68. The van der Waals surface area contributed by atoms with Crippen molar-refractivity contribution in [2.75, 3.05) is 12.9 Å². The van der Waals surface area contributed by atoms with Gasteiger partial charge in [0.15, 0.2) is 0 Å². The zero-order valence-corrected chi connectivity index (χ0v) is 17.3. The molecule has 2 aromatic carbocycles. The van der Waals surface area contributed by atoms with E-state index >= 15 is 0 Å². The largest absolute Gasteiger partial charge is 0.496 e. The molecule has 0 aromatic heterocycles. The molecule has 1 unspecified atom stereocenters. The lowest BCUT2D eigenvalue weighted by molar-refractivity contribution is 0.410. The lowest BCUT2D eigenvalue weighted by atomic mass is 9.86. The zero-order chi connectivity index (χ0) is 19.1. The number of hydrogen-bond acceptors (Lipinski definition) is 2. The van der Waals surface area contributed by atoms with Crippen molar-refractivity contribution in [3.63, 3.8) is 0 Å². The Morgan fingerprint density at radius 1 is 1.15 bits per heavy atom. The number of aryl methyl sites for hydroxylation is 1. The number of ether oxygens (including phenoxy) is 1. The van der Waals surface area contributed by atoms with Gasteiger partial charge in [-0.25, -0.2) is 0 Å². The van der Waals surface area contributed by atoms with Crippen LogP contribution in [-0.4, -0.2) is 12.9 Å². The quantitative estimate of drug-likeness (QED) is 0.341. The fourth-order valence-corrected chi connectivity index (χ4v) is 3.97. The van der Waals surface area contributed by atoms with Crippen molar-refractivity contribution < 1.29 is 4.74 Å². The summed E-state index contributed by atoms with van der Waals surface area (Å²) in [5.41, 5.74) is 6.18. The average molecular weight is 367 g/mol. The molecule has 2 heteroatoms. The van der Waals surface area contributed by atoms with Crippen LogP contribution in [0.1, 0.15) is 49.3 Å². The lowest BCUT2D eigenvalue weighted by Crippen LogP contribution is -2.03. The summed E-state index contributed by atoms with van der Waals surface area (Å²) in [5, 5.41) is 0. The summed E-state index contributed by atoms with van der Waals surface area (Å²) in [7, 11) is 1.74. The first-order chi connectivity index (χ1) is 12.5. The highest BCUT2D eigenvalue weighted by Crippen LogP contribution is 2.36. The first-order valence-electron chi connectivity index (χ1n) is 9.17. The third-order valence-electron chi connectivity index (χ3n) is 4.69. The fraction of sp³-hybridized carbons (Fsp3) is 0.333. The Morgan fingerprint density at radius 3 is 2.46 bits per heavy atom. The maximum Gasteiger partial charge on any atom is 0.122 e. The zero-order valence-electron chi connectivity index (χ0n) is 16.5. The number of hydrogen-bond donors (Lipinski definition) is 0. The van der Waals surface area contributed by atoms with E-state index in [9.17, 15) is 0 Å². The van der Waals surface area contributed by atoms with Gasteiger partial charge in [0.05, 0.1) is 7.11 Å². The molecule has 1 atom stereocenters. The number of benzene rings is 2. The van der Waals surface area contributed by atoms with E-state index in [2.05, 4.69) is 70.3 Å². The van der Waals surface area contributed by atoms with E-state index in [0.717, 1.165) is 29.9 Å². The first-order valence-corrected chi connectivity index (χ1v) is 10.2. The van der Waals surface area contributed by atoms with Gasteiger partial charge < -0.3 is 4.74 Å². The van der Waals surface area contributed by atoms with Crippen LogP contribution in [0.3, 0.4) is 0 Å². The van der Waals surface area contributed by atoms with Crippen LogP contribution in [0.2, 0.25) is 0 Å². The van der Waals surface area contributed by atoms with E-state index in [4.69, 9.17) is 4.74 Å². The van der Waals surface area contributed by atoms with Gasteiger partial charge in [-0.2, -0.15) is 0 Å². The monoisotopic (exact) mass is 366 g/mol. The van der Waals surface area contributed by atoms with E-state index in [1.807, 2.05) is 17.8 Å². The molecule has 0 heterocycles. The molecular weight excluding hydrogens is 336 g/mol. The van der Waals surface area contributed by atoms with Gasteiger partial charge in [-0.15, -0.1) is 11.8 Å². The van der Waals surface area contributed by atoms with Crippen LogP contribution in [0.5, 0.6) is 5.75 Å². The minimum atomic E-state index is 0.381. The number of thioether (sulfide) groups is 1. The first kappa shape index (κ1) is 20.4. The molecule has 2 aromatic rings. The van der Waals surface area contributed by atoms with E-state index in [-0.39, 0.29) is 0 Å². The van der Waals surface area contributed by atoms with Crippen molar-refractivity contribution in [1.29, 1.82) is 0 Å². The van der Waals surface area contributed by atoms with Crippen LogP contribution < -0.4 is 4.74 Å². The summed E-state index contributed by atoms with van der Waals surface area (Å²) in [6.07, 6.45) is 1.92. The summed E-state index contributed by atoms with van der Waals surface area (Å²) in [5.74, 6) is 2.27. The molecule has 0 amide bonds. The number of allylic oxidation sites excluding steroid dienone is 1. The highest BCUT2D eigenvalue weighted by molar-refractivity contribution is 7.99. The number of methoxy groups -OCH3 is 1. The molecule has 0 N–H and O–H groups in total. The topological polar surface area (TPSA) is 9.23 Å². The van der Waals surface area contributed by atoms with Gasteiger partial charge in [0.2, 0.25) is 0 Å². The molecule has 0 aliphatic carbocycles. The van der Waals surface area contributed by atoms with Gasteiger partial charge in [-0.1, -0.05) is 50.8 Å². The van der Waals surface area contributed by atoms with E-state index in [1.54, 1.807) is 7.11 Å². The van der Waals surface area contributed by atoms with Crippen molar-refractivity contribution in [3.05, 3.63) is 77.9 Å². The van der Waals surface area contributed by atoms with Crippen molar-refractivity contribution in [2.45, 2.75) is 44.4 Å². The predicted octanol–water partition coefficient (Wildman–Crippen LogP) is 7.27. The molecule has 0 bridgehead atoms. The highest BCUT2D eigenvalue weighted by atomic mass is 32.2. The minimum absolute atomic E-state index is 0.381. The summed E-state index contributed by atoms with van der Waals surface area (Å²) in [6.45, 7) is 15.1. The van der Waals surface area contributed by atoms with Crippen LogP contribution in [0, 0.1) is 6.92 Å². The van der Waals surface area contributed by atoms with Gasteiger partial charge in [0.25, 0.3) is 0 Å². The molecule has 0 saturated carbocycles. The molecule has 0 spiro atoms. The van der Waals surface area contributed by atoms with Crippen LogP contribution in [0.4, 0.5) is 0 Å². The predicted molar refractivity (Wildman–Crippen MR) is 116 cm³/mol. The molecule has 26 heavy (non-hydrogen) atoms. The molecular formula is C24H30OS. The molecule has 0 saturated heterocycles. The Balaban J connectivity index is 2.13. The molecule has 0 fully saturated rings. The normalized spacial score (nSPS) is 11.8.